The number of amides is 5. The fraction of sp³-hybridized carbons (Fsp3) is 0.333. The molecule has 4 N–H and O–H groups in total. The molecule has 3 aromatic carbocycles. The van der Waals surface area contributed by atoms with Crippen molar-refractivity contribution in [3.05, 3.63) is 70.5 Å². The summed E-state index contributed by atoms with van der Waals surface area (Å²) in [5, 5.41) is 6.10. The molecular weight excluding hydrogens is 601 g/mol. The number of halogens is 2. The lowest BCUT2D eigenvalue weighted by atomic mass is 9.91. The van der Waals surface area contributed by atoms with E-state index in [-0.39, 0.29) is 24.7 Å². The highest BCUT2D eigenvalue weighted by Crippen LogP contribution is 2.40. The summed E-state index contributed by atoms with van der Waals surface area (Å²) in [6.07, 6.45) is 0. The van der Waals surface area contributed by atoms with Crippen molar-refractivity contribution in [2.24, 2.45) is 17.1 Å². The van der Waals surface area contributed by atoms with E-state index in [0.717, 1.165) is 21.6 Å². The number of nitrogens with zero attached hydrogens (tertiary/aromatic N) is 2. The van der Waals surface area contributed by atoms with E-state index < -0.39 is 40.9 Å². The molecule has 0 radical (unpaired) electrons. The summed E-state index contributed by atoms with van der Waals surface area (Å²) in [5.41, 5.74) is 8.79. The smallest absolute Gasteiger partial charge is 0.326 e. The van der Waals surface area contributed by atoms with Crippen molar-refractivity contribution in [3.8, 4) is 28.0 Å². The fourth-order valence-electron chi connectivity index (χ4n) is 5.21. The molecule has 10 nitrogen and oxygen atoms in total. The first-order valence-corrected chi connectivity index (χ1v) is 14.6. The van der Waals surface area contributed by atoms with Crippen LogP contribution in [0.25, 0.3) is 22.3 Å². The van der Waals surface area contributed by atoms with Gasteiger partial charge < -0.3 is 26.0 Å². The minimum atomic E-state index is -1.08. The van der Waals surface area contributed by atoms with Gasteiger partial charge in [0.2, 0.25) is 17.7 Å². The highest BCUT2D eigenvalue weighted by molar-refractivity contribution is 6.36. The van der Waals surface area contributed by atoms with Gasteiger partial charge in [-0.1, -0.05) is 41.9 Å². The van der Waals surface area contributed by atoms with Crippen molar-refractivity contribution in [2.75, 3.05) is 39.6 Å². The lowest BCUT2D eigenvalue weighted by molar-refractivity contribution is -0.140. The van der Waals surface area contributed by atoms with Crippen molar-refractivity contribution < 1.29 is 28.3 Å². The normalized spacial score (nSPS) is 15.3. The van der Waals surface area contributed by atoms with Crippen LogP contribution in [0, 0.1) is 24.1 Å². The summed E-state index contributed by atoms with van der Waals surface area (Å²) in [6, 6.07) is 13.4. The minimum absolute atomic E-state index is 0.0491. The fourth-order valence-corrected chi connectivity index (χ4v) is 5.49. The molecule has 5 amide bonds. The summed E-state index contributed by atoms with van der Waals surface area (Å²) in [6.45, 7) is 5.66. The van der Waals surface area contributed by atoms with Gasteiger partial charge in [0.25, 0.3) is 0 Å². The molecule has 1 heterocycles. The van der Waals surface area contributed by atoms with Crippen LogP contribution in [-0.4, -0.2) is 67.8 Å². The molecule has 4 rings (SSSR count). The van der Waals surface area contributed by atoms with Gasteiger partial charge in [0.1, 0.15) is 17.5 Å². The average Bonchev–Trinajstić information content (AvgIpc) is 2.99. The lowest BCUT2D eigenvalue weighted by Crippen LogP contribution is -2.56. The number of imide groups is 1. The van der Waals surface area contributed by atoms with Gasteiger partial charge in [0, 0.05) is 44.9 Å². The highest BCUT2D eigenvalue weighted by Gasteiger charge is 2.39. The number of benzene rings is 3. The maximum absolute atomic E-state index is 15.5. The first kappa shape index (κ1) is 33.4. The van der Waals surface area contributed by atoms with Gasteiger partial charge in [-0.15, -0.1) is 0 Å². The number of rotatable bonds is 10. The first-order chi connectivity index (χ1) is 21.2. The van der Waals surface area contributed by atoms with Crippen LogP contribution in [0.1, 0.15) is 25.0 Å². The van der Waals surface area contributed by atoms with E-state index in [1.165, 1.54) is 32.2 Å². The molecule has 1 unspecified atom stereocenters. The van der Waals surface area contributed by atoms with Gasteiger partial charge in [0.15, 0.2) is 0 Å². The zero-order chi connectivity index (χ0) is 33.2. The zero-order valence-corrected chi connectivity index (χ0v) is 26.8. The molecule has 0 aliphatic carbocycles. The second kappa shape index (κ2) is 13.3. The van der Waals surface area contributed by atoms with Crippen molar-refractivity contribution in [1.29, 1.82) is 0 Å². The summed E-state index contributed by atoms with van der Waals surface area (Å²) in [7, 11) is 4.32. The summed E-state index contributed by atoms with van der Waals surface area (Å²) in [4.78, 5) is 51.7. The number of hydrogen-bond donors (Lipinski definition) is 3. The Morgan fingerprint density at radius 3 is 2.40 bits per heavy atom. The molecule has 0 saturated carbocycles. The Balaban J connectivity index is 1.62. The van der Waals surface area contributed by atoms with E-state index in [2.05, 4.69) is 10.6 Å². The maximum Gasteiger partial charge on any atom is 0.326 e. The number of nitrogens with one attached hydrogen (secondary N) is 2. The Kier molecular flexibility index (Phi) is 9.84. The molecule has 3 aromatic rings. The van der Waals surface area contributed by atoms with Gasteiger partial charge in [-0.2, -0.15) is 0 Å². The van der Waals surface area contributed by atoms with Crippen molar-refractivity contribution in [1.82, 2.24) is 15.1 Å². The van der Waals surface area contributed by atoms with Crippen LogP contribution in [0.5, 0.6) is 5.75 Å². The molecule has 12 heteroatoms. The van der Waals surface area contributed by atoms with Crippen LogP contribution in [0.15, 0.2) is 48.5 Å². The summed E-state index contributed by atoms with van der Waals surface area (Å²) in [5.74, 6) is -2.84. The average molecular weight is 638 g/mol. The van der Waals surface area contributed by atoms with Crippen LogP contribution >= 0.6 is 11.6 Å². The number of primary amides is 1. The van der Waals surface area contributed by atoms with Crippen LogP contribution in [-0.2, 0) is 20.9 Å². The number of nitrogens with two attached hydrogens (primary N) is 1. The molecule has 238 valence electrons. The third-order valence-electron chi connectivity index (χ3n) is 8.12. The van der Waals surface area contributed by atoms with E-state index in [1.807, 2.05) is 25.1 Å². The van der Waals surface area contributed by atoms with Gasteiger partial charge >= 0.3 is 6.03 Å². The van der Waals surface area contributed by atoms with Crippen molar-refractivity contribution in [2.45, 2.75) is 27.3 Å². The third-order valence-corrected chi connectivity index (χ3v) is 8.52. The van der Waals surface area contributed by atoms with E-state index in [0.29, 0.717) is 28.1 Å². The quantitative estimate of drug-likeness (QED) is 0.273. The Bertz CT molecular complexity index is 1680. The number of carbonyl (C=O) groups excluding carboxylic acids is 4. The second-order valence-corrected chi connectivity index (χ2v) is 12.1. The molecule has 45 heavy (non-hydrogen) atoms. The van der Waals surface area contributed by atoms with Crippen molar-refractivity contribution in [3.63, 3.8) is 0 Å². The molecule has 1 atom stereocenters. The van der Waals surface area contributed by atoms with Crippen LogP contribution < -0.4 is 21.1 Å². The molecular formula is C33H37ClFN5O5. The van der Waals surface area contributed by atoms with Crippen LogP contribution in [0.3, 0.4) is 0 Å². The van der Waals surface area contributed by atoms with E-state index in [4.69, 9.17) is 22.1 Å². The van der Waals surface area contributed by atoms with E-state index in [9.17, 15) is 19.2 Å². The number of carbonyl (C=O) groups is 4. The topological polar surface area (TPSA) is 134 Å². The van der Waals surface area contributed by atoms with Crippen LogP contribution in [0.4, 0.5) is 14.9 Å². The second-order valence-electron chi connectivity index (χ2n) is 11.7. The predicted octanol–water partition coefficient (Wildman–Crippen LogP) is 4.81. The number of ether oxygens (including phenoxy) is 1. The Labute approximate surface area is 266 Å². The molecule has 1 fully saturated rings. The third kappa shape index (κ3) is 6.79. The Morgan fingerprint density at radius 2 is 1.73 bits per heavy atom. The maximum atomic E-state index is 15.5. The lowest BCUT2D eigenvalue weighted by Gasteiger charge is -2.33. The van der Waals surface area contributed by atoms with Gasteiger partial charge in [-0.05, 0) is 61.2 Å². The Morgan fingerprint density at radius 1 is 1.09 bits per heavy atom. The van der Waals surface area contributed by atoms with Gasteiger partial charge in [-0.25, -0.2) is 9.18 Å². The van der Waals surface area contributed by atoms with Gasteiger partial charge in [0.05, 0.1) is 23.2 Å². The summed E-state index contributed by atoms with van der Waals surface area (Å²) < 4.78 is 21.0. The molecule has 0 bridgehead atoms. The van der Waals surface area contributed by atoms with Gasteiger partial charge in [-0.3, -0.25) is 19.3 Å². The molecule has 1 aliphatic rings. The number of anilines is 1. The number of urea groups is 1. The predicted molar refractivity (Wildman–Crippen MR) is 171 cm³/mol. The molecule has 0 spiro atoms. The molecule has 0 aromatic heterocycles. The largest absolute Gasteiger partial charge is 0.496 e. The number of hydrogen-bond acceptors (Lipinski definition) is 6. The SMILES string of the molecule is COc1cc(-c2cccc(-c3cccc(NC(=O)C4CN(C)C(=O)N(C)C4=O)c3Cl)c2C)cc(F)c1CNCC(C)(C)C(N)=O. The molecule has 1 aliphatic heterocycles. The standard InChI is InChI=1S/C33H37ClFN5O5/c1-18-20(19-13-25(35)23(27(14-19)45-6)15-37-17-33(2,3)31(36)43)9-7-10-21(18)22-11-8-12-26(28(22)34)38-29(41)24-16-39(4)32(44)40(5)30(24)42/h7-14,24,37H,15-17H2,1-6H3,(H2,36,43)(H,38,41). The zero-order valence-electron chi connectivity index (χ0n) is 26.1. The van der Waals surface area contributed by atoms with E-state index >= 15 is 4.39 Å². The number of methoxy groups -OCH3 is 1. The van der Waals surface area contributed by atoms with E-state index in [1.54, 1.807) is 38.1 Å². The van der Waals surface area contributed by atoms with Crippen molar-refractivity contribution >= 4 is 41.0 Å². The van der Waals surface area contributed by atoms with Crippen LogP contribution in [0.2, 0.25) is 5.02 Å². The monoisotopic (exact) mass is 637 g/mol. The first-order valence-electron chi connectivity index (χ1n) is 14.3. The Hall–Kier alpha value is -4.48. The minimum Gasteiger partial charge on any atom is -0.496 e. The molecule has 1 saturated heterocycles. The summed E-state index contributed by atoms with van der Waals surface area (Å²) >= 11 is 6.82. The highest BCUT2D eigenvalue weighted by atomic mass is 35.5.